The van der Waals surface area contributed by atoms with Crippen molar-refractivity contribution in [3.8, 4) is 0 Å². The molecule has 0 aromatic carbocycles. The van der Waals surface area contributed by atoms with Crippen molar-refractivity contribution < 1.29 is 14.0 Å². The van der Waals surface area contributed by atoms with Crippen LogP contribution in [0.4, 0.5) is 0 Å². The summed E-state index contributed by atoms with van der Waals surface area (Å²) in [5, 5.41) is 10.7. The van der Waals surface area contributed by atoms with Crippen LogP contribution in [0.5, 0.6) is 0 Å². The second-order valence-electron chi connectivity index (χ2n) is 15.1. The lowest BCUT2D eigenvalue weighted by molar-refractivity contribution is -0.0990. The molecule has 0 aromatic rings. The molecule has 0 aliphatic heterocycles. The van der Waals surface area contributed by atoms with E-state index in [0.717, 1.165) is 6.61 Å². The highest BCUT2D eigenvalue weighted by atomic mass is 28.4. The van der Waals surface area contributed by atoms with Crippen LogP contribution in [0.3, 0.4) is 0 Å². The van der Waals surface area contributed by atoms with E-state index in [2.05, 4.69) is 96.9 Å². The average molecular weight is 555 g/mol. The van der Waals surface area contributed by atoms with Crippen molar-refractivity contribution >= 4 is 16.6 Å². The molecule has 2 rings (SSSR count). The van der Waals surface area contributed by atoms with E-state index in [1.165, 1.54) is 19.3 Å². The van der Waals surface area contributed by atoms with Crippen LogP contribution >= 0.6 is 0 Å². The summed E-state index contributed by atoms with van der Waals surface area (Å²) in [7, 11) is -3.91. The quantitative estimate of drug-likeness (QED) is 0.244. The highest BCUT2D eigenvalue weighted by Gasteiger charge is 2.54. The predicted octanol–water partition coefficient (Wildman–Crippen LogP) is 9.67. The summed E-state index contributed by atoms with van der Waals surface area (Å²) >= 11 is 0. The van der Waals surface area contributed by atoms with Crippen LogP contribution in [0, 0.1) is 35.5 Å². The number of hydrogen-bond acceptors (Lipinski definition) is 3. The molecule has 2 aliphatic rings. The summed E-state index contributed by atoms with van der Waals surface area (Å²) in [4.78, 5) is 0. The molecule has 0 radical (unpaired) electrons. The van der Waals surface area contributed by atoms with Crippen LogP contribution in [0.15, 0.2) is 0 Å². The van der Waals surface area contributed by atoms with E-state index in [-0.39, 0.29) is 0 Å². The molecule has 2 aliphatic carbocycles. The Balaban J connectivity index is 2.46. The van der Waals surface area contributed by atoms with Gasteiger partial charge in [0.2, 0.25) is 8.32 Å². The molecule has 0 heterocycles. The molecule has 0 unspecified atom stereocenters. The highest BCUT2D eigenvalue weighted by Crippen LogP contribution is 2.55. The van der Waals surface area contributed by atoms with Crippen LogP contribution in [0.1, 0.15) is 116 Å². The van der Waals surface area contributed by atoms with Crippen molar-refractivity contribution in [2.24, 2.45) is 35.5 Å². The fourth-order valence-corrected chi connectivity index (χ4v) is 21.1. The van der Waals surface area contributed by atoms with Crippen molar-refractivity contribution in [1.29, 1.82) is 0 Å². The van der Waals surface area contributed by atoms with E-state index in [9.17, 15) is 5.11 Å². The Kier molecular flexibility index (Phi) is 12.1. The molecule has 0 saturated heterocycles. The first-order valence-electron chi connectivity index (χ1n) is 16.0. The highest BCUT2D eigenvalue weighted by molar-refractivity contribution is 6.78. The third-order valence-electron chi connectivity index (χ3n) is 11.5. The first-order chi connectivity index (χ1) is 17.1. The molecule has 37 heavy (non-hydrogen) atoms. The molecule has 3 nitrogen and oxygen atoms in total. The number of hydrogen-bond donors (Lipinski definition) is 1. The standard InChI is InChI=1S/C32H66O3Si2/c1-20(2)36(21(3)4,22(5)6)34-19-30-29(18-33)27(14)17-28-31(16-15-26(13)32(28)30)35-37(23(7)8,24(9)10)25(11)12/h20-33H,15-19H2,1-14H3/t26-,27+,28-,29+,30+,31-,32+/m0/s1. The van der Waals surface area contributed by atoms with Gasteiger partial charge in [-0.3, -0.25) is 0 Å². The Morgan fingerprint density at radius 1 is 0.649 bits per heavy atom. The summed E-state index contributed by atoms with van der Waals surface area (Å²) in [6.45, 7) is 34.9. The van der Waals surface area contributed by atoms with Gasteiger partial charge in [0.05, 0.1) is 0 Å². The first kappa shape index (κ1) is 33.5. The van der Waals surface area contributed by atoms with Gasteiger partial charge in [0.1, 0.15) is 0 Å². The SMILES string of the molecule is CC(C)[Si](OC[C@@H]1[C@H](CO)[C@H](C)C[C@@H]2[C@H]1[C@@H](C)CC[C@@H]2O[Si](C(C)C)(C(C)C)C(C)C)(C(C)C)C(C)C. The molecule has 7 atom stereocenters. The third kappa shape index (κ3) is 6.31. The minimum Gasteiger partial charge on any atom is -0.416 e. The summed E-state index contributed by atoms with van der Waals surface area (Å²) in [6.07, 6.45) is 4.01. The van der Waals surface area contributed by atoms with Crippen molar-refractivity contribution in [3.05, 3.63) is 0 Å². The largest absolute Gasteiger partial charge is 0.416 e. The first-order valence-corrected chi connectivity index (χ1v) is 20.3. The van der Waals surface area contributed by atoms with Gasteiger partial charge in [-0.05, 0) is 88.0 Å². The molecule has 2 fully saturated rings. The van der Waals surface area contributed by atoms with E-state index >= 15 is 0 Å². The molecule has 0 spiro atoms. The Labute approximate surface area is 234 Å². The molecule has 0 amide bonds. The van der Waals surface area contributed by atoms with Crippen molar-refractivity contribution in [1.82, 2.24) is 0 Å². The lowest BCUT2D eigenvalue weighted by Gasteiger charge is -2.56. The van der Waals surface area contributed by atoms with Gasteiger partial charge in [-0.25, -0.2) is 0 Å². The molecule has 2 saturated carbocycles. The van der Waals surface area contributed by atoms with E-state index in [1.807, 2.05) is 0 Å². The molecule has 5 heteroatoms. The van der Waals surface area contributed by atoms with Gasteiger partial charge in [0.25, 0.3) is 0 Å². The van der Waals surface area contributed by atoms with Gasteiger partial charge in [0, 0.05) is 19.3 Å². The molecule has 0 aromatic heterocycles. The molecular formula is C32H66O3Si2. The fourth-order valence-electron chi connectivity index (χ4n) is 9.97. The summed E-state index contributed by atoms with van der Waals surface area (Å²) < 4.78 is 14.8. The van der Waals surface area contributed by atoms with Gasteiger partial charge < -0.3 is 14.0 Å². The molecule has 1 N–H and O–H groups in total. The Hall–Kier alpha value is 0.314. The van der Waals surface area contributed by atoms with E-state index in [4.69, 9.17) is 8.85 Å². The minimum atomic E-state index is -1.96. The summed E-state index contributed by atoms with van der Waals surface area (Å²) in [6, 6.07) is 0. The summed E-state index contributed by atoms with van der Waals surface area (Å²) in [5.74, 6) is 3.12. The topological polar surface area (TPSA) is 38.7 Å². The maximum atomic E-state index is 10.7. The van der Waals surface area contributed by atoms with Crippen molar-refractivity contribution in [2.75, 3.05) is 13.2 Å². The normalized spacial score (nSPS) is 31.9. The van der Waals surface area contributed by atoms with Gasteiger partial charge in [-0.1, -0.05) is 96.9 Å². The second kappa shape index (κ2) is 13.3. The van der Waals surface area contributed by atoms with Gasteiger partial charge >= 0.3 is 0 Å². The summed E-state index contributed by atoms with van der Waals surface area (Å²) in [5.41, 5.74) is 3.62. The monoisotopic (exact) mass is 554 g/mol. The number of aliphatic hydroxyl groups excluding tert-OH is 1. The predicted molar refractivity (Wildman–Crippen MR) is 166 cm³/mol. The number of fused-ring (bicyclic) bond motifs is 1. The lowest BCUT2D eigenvalue weighted by Crippen LogP contribution is -2.58. The minimum absolute atomic E-state index is 0.291. The van der Waals surface area contributed by atoms with Crippen LogP contribution in [-0.4, -0.2) is 41.1 Å². The van der Waals surface area contributed by atoms with Crippen LogP contribution in [0.2, 0.25) is 33.2 Å². The fraction of sp³-hybridized carbons (Fsp3) is 1.00. The Morgan fingerprint density at radius 3 is 1.51 bits per heavy atom. The Bertz CT molecular complexity index is 646. The van der Waals surface area contributed by atoms with E-state index in [1.54, 1.807) is 0 Å². The second-order valence-corrected chi connectivity index (χ2v) is 26.0. The molecule has 0 bridgehead atoms. The third-order valence-corrected chi connectivity index (χ3v) is 23.7. The van der Waals surface area contributed by atoms with E-state index < -0.39 is 16.6 Å². The van der Waals surface area contributed by atoms with Gasteiger partial charge in [0.15, 0.2) is 8.32 Å². The zero-order chi connectivity index (χ0) is 28.5. The zero-order valence-electron chi connectivity index (χ0n) is 27.3. The van der Waals surface area contributed by atoms with E-state index in [0.29, 0.717) is 81.5 Å². The van der Waals surface area contributed by atoms with Crippen LogP contribution in [0.25, 0.3) is 0 Å². The number of aliphatic hydroxyl groups is 1. The average Bonchev–Trinajstić information content (AvgIpc) is 2.77. The van der Waals surface area contributed by atoms with Crippen molar-refractivity contribution in [2.45, 2.75) is 156 Å². The van der Waals surface area contributed by atoms with Crippen LogP contribution < -0.4 is 0 Å². The van der Waals surface area contributed by atoms with Gasteiger partial charge in [-0.2, -0.15) is 0 Å². The van der Waals surface area contributed by atoms with Crippen LogP contribution in [-0.2, 0) is 8.85 Å². The maximum Gasteiger partial charge on any atom is 0.200 e. The lowest BCUT2D eigenvalue weighted by atomic mass is 9.55. The smallest absolute Gasteiger partial charge is 0.200 e. The zero-order valence-corrected chi connectivity index (χ0v) is 29.3. The number of rotatable bonds is 12. The maximum absolute atomic E-state index is 10.7. The van der Waals surface area contributed by atoms with Gasteiger partial charge in [-0.15, -0.1) is 0 Å². The Morgan fingerprint density at radius 2 is 1.11 bits per heavy atom. The molecular weight excluding hydrogens is 489 g/mol. The van der Waals surface area contributed by atoms with Crippen molar-refractivity contribution in [3.63, 3.8) is 0 Å². The molecule has 220 valence electrons.